The van der Waals surface area contributed by atoms with Crippen LogP contribution in [-0.2, 0) is 6.54 Å². The smallest absolute Gasteiger partial charge is 0.294 e. The van der Waals surface area contributed by atoms with Gasteiger partial charge in [0.25, 0.3) is 11.6 Å². The van der Waals surface area contributed by atoms with Gasteiger partial charge in [0.1, 0.15) is 5.69 Å². The molecule has 0 aliphatic rings. The van der Waals surface area contributed by atoms with Crippen molar-refractivity contribution in [2.75, 3.05) is 0 Å². The second-order valence-corrected chi connectivity index (χ2v) is 7.48. The minimum Gasteiger partial charge on any atom is -0.346 e. The lowest BCUT2D eigenvalue weighted by Crippen LogP contribution is -2.31. The Morgan fingerprint density at radius 1 is 1.37 bits per heavy atom. The van der Waals surface area contributed by atoms with E-state index in [2.05, 4.69) is 26.3 Å². The van der Waals surface area contributed by atoms with E-state index in [9.17, 15) is 19.7 Å². The molecule has 0 unspecified atom stereocenters. The quantitative estimate of drug-likeness (QED) is 0.476. The first kappa shape index (κ1) is 18.9. The Hall–Kier alpha value is -2.85. The molecule has 0 saturated heterocycles. The molecule has 0 atom stereocenters. The van der Waals surface area contributed by atoms with E-state index in [1.165, 1.54) is 40.3 Å². The van der Waals surface area contributed by atoms with Gasteiger partial charge in [0, 0.05) is 32.6 Å². The zero-order chi connectivity index (χ0) is 19.6. The highest BCUT2D eigenvalue weighted by Crippen LogP contribution is 2.22. The number of halogens is 1. The molecule has 0 aliphatic heterocycles. The van der Waals surface area contributed by atoms with Gasteiger partial charge in [-0.3, -0.25) is 19.7 Å². The number of nitrogens with one attached hydrogen (secondary N) is 1. The van der Waals surface area contributed by atoms with Gasteiger partial charge < -0.3 is 5.32 Å². The molecule has 0 bridgehead atoms. The molecule has 1 aromatic carbocycles. The summed E-state index contributed by atoms with van der Waals surface area (Å²) in [5.74, 6) is -0.642. The number of hydrogen-bond donors (Lipinski definition) is 1. The lowest BCUT2D eigenvalue weighted by molar-refractivity contribution is -0.384. The van der Waals surface area contributed by atoms with Gasteiger partial charge in [0.2, 0.25) is 5.43 Å². The number of carbonyl (C=O) groups excluding carboxylic acids is 1. The Balaban J connectivity index is 1.96. The lowest BCUT2D eigenvalue weighted by Gasteiger charge is -2.11. The van der Waals surface area contributed by atoms with E-state index >= 15 is 0 Å². The first-order valence-corrected chi connectivity index (χ1v) is 9.40. The molecule has 3 aromatic rings. The number of nitrogens with zero attached hydrogens (tertiary/aromatic N) is 3. The number of hydrogen-bond acceptors (Lipinski definition) is 6. The van der Waals surface area contributed by atoms with Gasteiger partial charge >= 0.3 is 0 Å². The topological polar surface area (TPSA) is 107 Å². The SMILES string of the molecule is Cc1cc(=O)c(C(=O)NCc2cc(Br)cs2)nn1-c1ccccc1[N+](=O)[O-]. The van der Waals surface area contributed by atoms with Crippen molar-refractivity contribution in [3.05, 3.63) is 82.9 Å². The minimum atomic E-state index is -0.642. The number of benzene rings is 1. The van der Waals surface area contributed by atoms with Crippen molar-refractivity contribution < 1.29 is 9.72 Å². The summed E-state index contributed by atoms with van der Waals surface area (Å²) in [6.45, 7) is 1.84. The minimum absolute atomic E-state index is 0.174. The van der Waals surface area contributed by atoms with Gasteiger partial charge in [0.15, 0.2) is 5.69 Å². The van der Waals surface area contributed by atoms with Crippen LogP contribution < -0.4 is 10.7 Å². The van der Waals surface area contributed by atoms with Gasteiger partial charge in [-0.15, -0.1) is 11.3 Å². The highest BCUT2D eigenvalue weighted by atomic mass is 79.9. The molecule has 8 nitrogen and oxygen atoms in total. The third-order valence-electron chi connectivity index (χ3n) is 3.67. The predicted octanol–water partition coefficient (Wildman–Crippen LogP) is 3.20. The van der Waals surface area contributed by atoms with Crippen LogP contribution in [-0.4, -0.2) is 20.6 Å². The summed E-state index contributed by atoms with van der Waals surface area (Å²) in [4.78, 5) is 36.3. The van der Waals surface area contributed by atoms with E-state index < -0.39 is 16.3 Å². The van der Waals surface area contributed by atoms with Crippen molar-refractivity contribution in [1.29, 1.82) is 0 Å². The maximum atomic E-state index is 12.4. The molecular weight excluding hydrogens is 436 g/mol. The highest BCUT2D eigenvalue weighted by Gasteiger charge is 2.20. The standard InChI is InChI=1S/C17H13BrN4O4S/c1-10-6-15(23)16(17(24)19-8-12-7-11(18)9-27-12)20-21(10)13-4-2-3-5-14(13)22(25)26/h2-7,9H,8H2,1H3,(H,19,24). The summed E-state index contributed by atoms with van der Waals surface area (Å²) in [5, 5.41) is 19.9. The number of aromatic nitrogens is 2. The van der Waals surface area contributed by atoms with Crippen molar-refractivity contribution in [3.63, 3.8) is 0 Å². The number of rotatable bonds is 5. The summed E-state index contributed by atoms with van der Waals surface area (Å²) in [7, 11) is 0. The molecule has 1 amide bonds. The summed E-state index contributed by atoms with van der Waals surface area (Å²) in [6, 6.07) is 9.10. The molecular formula is C17H13BrN4O4S. The fourth-order valence-electron chi connectivity index (χ4n) is 2.44. The molecule has 0 saturated carbocycles. The van der Waals surface area contributed by atoms with E-state index in [-0.39, 0.29) is 23.6 Å². The first-order valence-electron chi connectivity index (χ1n) is 7.72. The van der Waals surface area contributed by atoms with Crippen LogP contribution in [0.15, 0.2) is 51.0 Å². The van der Waals surface area contributed by atoms with Crippen LogP contribution in [0.3, 0.4) is 0 Å². The number of nitro groups is 1. The second kappa shape index (κ2) is 7.80. The first-order chi connectivity index (χ1) is 12.9. The van der Waals surface area contributed by atoms with Crippen LogP contribution in [0.4, 0.5) is 5.69 Å². The fourth-order valence-corrected chi connectivity index (χ4v) is 3.83. The van der Waals surface area contributed by atoms with Gasteiger partial charge in [-0.2, -0.15) is 5.10 Å². The van der Waals surface area contributed by atoms with Gasteiger partial charge in [0.05, 0.1) is 11.5 Å². The summed E-state index contributed by atoms with van der Waals surface area (Å²) in [5.41, 5.74) is -0.489. The van der Waals surface area contributed by atoms with E-state index in [4.69, 9.17) is 0 Å². The van der Waals surface area contributed by atoms with E-state index in [0.29, 0.717) is 5.69 Å². The summed E-state index contributed by atoms with van der Waals surface area (Å²) >= 11 is 4.79. The van der Waals surface area contributed by atoms with Crippen LogP contribution in [0.1, 0.15) is 21.1 Å². The average Bonchev–Trinajstić information content (AvgIpc) is 3.05. The Kier molecular flexibility index (Phi) is 5.47. The fraction of sp³-hybridized carbons (Fsp3) is 0.118. The van der Waals surface area contributed by atoms with Crippen molar-refractivity contribution in [2.24, 2.45) is 0 Å². The highest BCUT2D eigenvalue weighted by molar-refractivity contribution is 9.10. The number of nitro benzene ring substituents is 1. The molecule has 10 heteroatoms. The zero-order valence-electron chi connectivity index (χ0n) is 14.0. The molecule has 0 aliphatic carbocycles. The Labute approximate surface area is 165 Å². The van der Waals surface area contributed by atoms with Crippen LogP contribution >= 0.6 is 27.3 Å². The second-order valence-electron chi connectivity index (χ2n) is 5.57. The Morgan fingerprint density at radius 3 is 2.78 bits per heavy atom. The molecule has 0 spiro atoms. The predicted molar refractivity (Wildman–Crippen MR) is 104 cm³/mol. The normalized spacial score (nSPS) is 10.6. The number of para-hydroxylation sites is 2. The number of thiophene rings is 1. The van der Waals surface area contributed by atoms with Crippen LogP contribution in [0, 0.1) is 17.0 Å². The van der Waals surface area contributed by atoms with Crippen LogP contribution in [0.25, 0.3) is 5.69 Å². The maximum absolute atomic E-state index is 12.4. The van der Waals surface area contributed by atoms with Crippen LogP contribution in [0.5, 0.6) is 0 Å². The van der Waals surface area contributed by atoms with Crippen molar-refractivity contribution in [2.45, 2.75) is 13.5 Å². The molecule has 1 N–H and O–H groups in total. The van der Waals surface area contributed by atoms with Gasteiger partial charge in [-0.1, -0.05) is 12.1 Å². The number of amides is 1. The average molecular weight is 449 g/mol. The van der Waals surface area contributed by atoms with Crippen molar-refractivity contribution in [3.8, 4) is 5.69 Å². The third-order valence-corrected chi connectivity index (χ3v) is 5.37. The lowest BCUT2D eigenvalue weighted by atomic mass is 10.2. The largest absolute Gasteiger partial charge is 0.346 e. The molecule has 0 fully saturated rings. The van der Waals surface area contributed by atoms with E-state index in [1.54, 1.807) is 13.0 Å². The van der Waals surface area contributed by atoms with Crippen molar-refractivity contribution >= 4 is 38.9 Å². The van der Waals surface area contributed by atoms with Gasteiger partial charge in [-0.05, 0) is 35.0 Å². The summed E-state index contributed by atoms with van der Waals surface area (Å²) < 4.78 is 2.14. The molecule has 27 heavy (non-hydrogen) atoms. The van der Waals surface area contributed by atoms with E-state index in [0.717, 1.165) is 9.35 Å². The molecule has 0 radical (unpaired) electrons. The Morgan fingerprint density at radius 2 is 2.11 bits per heavy atom. The monoisotopic (exact) mass is 448 g/mol. The molecule has 2 heterocycles. The van der Waals surface area contributed by atoms with E-state index in [1.807, 2.05) is 11.4 Å². The molecule has 3 rings (SSSR count). The third kappa shape index (κ3) is 4.12. The zero-order valence-corrected chi connectivity index (χ0v) is 16.4. The van der Waals surface area contributed by atoms with Crippen molar-refractivity contribution in [1.82, 2.24) is 15.1 Å². The number of carbonyl (C=O) groups is 1. The summed E-state index contributed by atoms with van der Waals surface area (Å²) in [6.07, 6.45) is 0. The number of aryl methyl sites for hydroxylation is 1. The van der Waals surface area contributed by atoms with Crippen LogP contribution in [0.2, 0.25) is 0 Å². The maximum Gasteiger partial charge on any atom is 0.294 e. The molecule has 2 aromatic heterocycles. The Bertz CT molecular complexity index is 1090. The van der Waals surface area contributed by atoms with Gasteiger partial charge in [-0.25, -0.2) is 4.68 Å². The molecule has 138 valence electrons.